The molecule has 100 valence electrons. The highest BCUT2D eigenvalue weighted by molar-refractivity contribution is 6.07. The van der Waals surface area contributed by atoms with E-state index < -0.39 is 0 Å². The standard InChI is InChI=1S/C16H12O4/c17-13-4-2-1-3-11(13)5-7-14(18)12-6-8-15-16(9-12)20-10-19-15/h1-9,17H,10H2/b7-5+. The summed E-state index contributed by atoms with van der Waals surface area (Å²) in [7, 11) is 0. The van der Waals surface area contributed by atoms with Gasteiger partial charge in [0.15, 0.2) is 17.3 Å². The van der Waals surface area contributed by atoms with Crippen LogP contribution in [0.2, 0.25) is 0 Å². The maximum Gasteiger partial charge on any atom is 0.231 e. The summed E-state index contributed by atoms with van der Waals surface area (Å²) >= 11 is 0. The summed E-state index contributed by atoms with van der Waals surface area (Å²) in [6.45, 7) is 0.181. The number of hydrogen-bond donors (Lipinski definition) is 1. The number of carbonyl (C=O) groups excluding carboxylic acids is 1. The predicted octanol–water partition coefficient (Wildman–Crippen LogP) is 3.02. The zero-order chi connectivity index (χ0) is 13.9. The first-order valence-corrected chi connectivity index (χ1v) is 6.14. The average Bonchev–Trinajstić information content (AvgIpc) is 2.93. The highest BCUT2D eigenvalue weighted by atomic mass is 16.7. The largest absolute Gasteiger partial charge is 0.507 e. The van der Waals surface area contributed by atoms with Crippen LogP contribution in [0.4, 0.5) is 0 Å². The third-order valence-corrected chi connectivity index (χ3v) is 3.01. The molecule has 0 aliphatic carbocycles. The Kier molecular flexibility index (Phi) is 3.13. The monoisotopic (exact) mass is 268 g/mol. The van der Waals surface area contributed by atoms with Crippen LogP contribution in [0, 0.1) is 0 Å². The molecule has 20 heavy (non-hydrogen) atoms. The number of allylic oxidation sites excluding steroid dienone is 1. The summed E-state index contributed by atoms with van der Waals surface area (Å²) in [5, 5.41) is 9.62. The van der Waals surface area contributed by atoms with Crippen molar-refractivity contribution in [1.82, 2.24) is 0 Å². The van der Waals surface area contributed by atoms with Crippen LogP contribution < -0.4 is 9.47 Å². The molecule has 3 rings (SSSR count). The molecule has 1 heterocycles. The van der Waals surface area contributed by atoms with Gasteiger partial charge in [0.25, 0.3) is 0 Å². The number of fused-ring (bicyclic) bond motifs is 1. The minimum absolute atomic E-state index is 0.141. The van der Waals surface area contributed by atoms with Crippen molar-refractivity contribution in [3.05, 3.63) is 59.7 Å². The molecule has 0 bridgehead atoms. The van der Waals surface area contributed by atoms with Crippen molar-refractivity contribution in [2.75, 3.05) is 6.79 Å². The summed E-state index contributed by atoms with van der Waals surface area (Å²) in [6.07, 6.45) is 3.01. The zero-order valence-electron chi connectivity index (χ0n) is 10.6. The lowest BCUT2D eigenvalue weighted by molar-refractivity contribution is 0.104. The van der Waals surface area contributed by atoms with Crippen molar-refractivity contribution in [2.45, 2.75) is 0 Å². The lowest BCUT2D eigenvalue weighted by atomic mass is 10.1. The third kappa shape index (κ3) is 2.36. The summed E-state index contributed by atoms with van der Waals surface area (Å²) in [5.41, 5.74) is 1.11. The molecule has 0 aromatic heterocycles. The molecular formula is C16H12O4. The van der Waals surface area contributed by atoms with E-state index in [4.69, 9.17) is 9.47 Å². The molecule has 1 aliphatic heterocycles. The molecule has 0 spiro atoms. The van der Waals surface area contributed by atoms with Gasteiger partial charge in [0.2, 0.25) is 6.79 Å². The van der Waals surface area contributed by atoms with Crippen LogP contribution >= 0.6 is 0 Å². The van der Waals surface area contributed by atoms with Gasteiger partial charge < -0.3 is 14.6 Å². The van der Waals surface area contributed by atoms with Crippen molar-refractivity contribution in [3.8, 4) is 17.2 Å². The van der Waals surface area contributed by atoms with Crippen LogP contribution in [0.5, 0.6) is 17.2 Å². The second kappa shape index (κ2) is 5.09. The Bertz CT molecular complexity index is 689. The van der Waals surface area contributed by atoms with E-state index in [9.17, 15) is 9.90 Å². The van der Waals surface area contributed by atoms with Crippen LogP contribution in [0.15, 0.2) is 48.5 Å². The Morgan fingerprint density at radius 1 is 1.10 bits per heavy atom. The first-order valence-electron chi connectivity index (χ1n) is 6.14. The second-order valence-corrected chi connectivity index (χ2v) is 4.32. The van der Waals surface area contributed by atoms with Crippen LogP contribution in [-0.4, -0.2) is 17.7 Å². The van der Waals surface area contributed by atoms with E-state index in [2.05, 4.69) is 0 Å². The molecule has 4 heteroatoms. The van der Waals surface area contributed by atoms with E-state index in [1.165, 1.54) is 6.08 Å². The Balaban J connectivity index is 1.81. The number of hydrogen-bond acceptors (Lipinski definition) is 4. The molecule has 4 nitrogen and oxygen atoms in total. The van der Waals surface area contributed by atoms with Crippen molar-refractivity contribution < 1.29 is 19.4 Å². The lowest BCUT2D eigenvalue weighted by Crippen LogP contribution is -1.94. The van der Waals surface area contributed by atoms with Gasteiger partial charge in [-0.05, 0) is 36.4 Å². The van der Waals surface area contributed by atoms with Gasteiger partial charge in [0.1, 0.15) is 5.75 Å². The molecular weight excluding hydrogens is 256 g/mol. The fourth-order valence-corrected chi connectivity index (χ4v) is 1.94. The maximum absolute atomic E-state index is 12.1. The number of aromatic hydroxyl groups is 1. The molecule has 0 radical (unpaired) electrons. The first-order chi connectivity index (χ1) is 9.74. The van der Waals surface area contributed by atoms with Crippen molar-refractivity contribution in [3.63, 3.8) is 0 Å². The molecule has 2 aromatic rings. The third-order valence-electron chi connectivity index (χ3n) is 3.01. The van der Waals surface area contributed by atoms with Crippen LogP contribution in [0.25, 0.3) is 6.08 Å². The Morgan fingerprint density at radius 3 is 2.75 bits per heavy atom. The Labute approximate surface area is 115 Å². The summed E-state index contributed by atoms with van der Waals surface area (Å²) in [5.74, 6) is 1.20. The number of phenolic OH excluding ortho intramolecular Hbond substituents is 1. The smallest absolute Gasteiger partial charge is 0.231 e. The number of ketones is 1. The number of benzene rings is 2. The van der Waals surface area contributed by atoms with Gasteiger partial charge in [-0.25, -0.2) is 0 Å². The summed E-state index contributed by atoms with van der Waals surface area (Å²) < 4.78 is 10.4. The molecule has 0 saturated heterocycles. The number of carbonyl (C=O) groups is 1. The second-order valence-electron chi connectivity index (χ2n) is 4.32. The highest BCUT2D eigenvalue weighted by Gasteiger charge is 2.15. The van der Waals surface area contributed by atoms with E-state index in [0.717, 1.165) is 0 Å². The van der Waals surface area contributed by atoms with Crippen molar-refractivity contribution >= 4 is 11.9 Å². The topological polar surface area (TPSA) is 55.8 Å². The SMILES string of the molecule is O=C(/C=C/c1ccccc1O)c1ccc2c(c1)OCO2. The summed E-state index contributed by atoms with van der Waals surface area (Å²) in [4.78, 5) is 12.1. The van der Waals surface area contributed by atoms with E-state index >= 15 is 0 Å². The fourth-order valence-electron chi connectivity index (χ4n) is 1.94. The van der Waals surface area contributed by atoms with E-state index in [0.29, 0.717) is 22.6 Å². The molecule has 0 unspecified atom stereocenters. The van der Waals surface area contributed by atoms with Gasteiger partial charge in [-0.2, -0.15) is 0 Å². The number of phenols is 1. The number of para-hydroxylation sites is 1. The maximum atomic E-state index is 12.1. The fraction of sp³-hybridized carbons (Fsp3) is 0.0625. The predicted molar refractivity (Wildman–Crippen MR) is 74.0 cm³/mol. The quantitative estimate of drug-likeness (QED) is 0.686. The van der Waals surface area contributed by atoms with Gasteiger partial charge >= 0.3 is 0 Å². The lowest BCUT2D eigenvalue weighted by Gasteiger charge is -2.00. The minimum atomic E-state index is -0.161. The van der Waals surface area contributed by atoms with Crippen LogP contribution in [0.1, 0.15) is 15.9 Å². The Morgan fingerprint density at radius 2 is 1.90 bits per heavy atom. The molecule has 1 aliphatic rings. The van der Waals surface area contributed by atoms with E-state index in [-0.39, 0.29) is 18.3 Å². The van der Waals surface area contributed by atoms with Crippen LogP contribution in [-0.2, 0) is 0 Å². The van der Waals surface area contributed by atoms with Gasteiger partial charge in [0, 0.05) is 11.1 Å². The van der Waals surface area contributed by atoms with Crippen molar-refractivity contribution in [2.24, 2.45) is 0 Å². The molecule has 2 aromatic carbocycles. The molecule has 0 atom stereocenters. The van der Waals surface area contributed by atoms with Crippen LogP contribution in [0.3, 0.4) is 0 Å². The first kappa shape index (κ1) is 12.3. The molecule has 0 saturated carbocycles. The normalized spacial score (nSPS) is 12.8. The van der Waals surface area contributed by atoms with E-state index in [1.54, 1.807) is 48.5 Å². The van der Waals surface area contributed by atoms with Gasteiger partial charge in [0.05, 0.1) is 0 Å². The minimum Gasteiger partial charge on any atom is -0.507 e. The zero-order valence-corrected chi connectivity index (χ0v) is 10.6. The molecule has 1 N–H and O–H groups in total. The molecule has 0 amide bonds. The Hall–Kier alpha value is -2.75. The van der Waals surface area contributed by atoms with E-state index in [1.807, 2.05) is 0 Å². The number of ether oxygens (including phenoxy) is 2. The van der Waals surface area contributed by atoms with Gasteiger partial charge in [-0.3, -0.25) is 4.79 Å². The number of rotatable bonds is 3. The highest BCUT2D eigenvalue weighted by Crippen LogP contribution is 2.32. The molecule has 0 fully saturated rings. The summed E-state index contributed by atoms with van der Waals surface area (Å²) in [6, 6.07) is 11.9. The van der Waals surface area contributed by atoms with Gasteiger partial charge in [-0.1, -0.05) is 18.2 Å². The van der Waals surface area contributed by atoms with Gasteiger partial charge in [-0.15, -0.1) is 0 Å². The average molecular weight is 268 g/mol. The van der Waals surface area contributed by atoms with Crippen molar-refractivity contribution in [1.29, 1.82) is 0 Å².